The van der Waals surface area contributed by atoms with Crippen LogP contribution in [0.5, 0.6) is 0 Å². The normalized spacial score (nSPS) is 10.3. The average Bonchev–Trinajstić information content (AvgIpc) is 2.81. The first-order chi connectivity index (χ1) is 11.7. The third kappa shape index (κ3) is 6.28. The molecule has 2 amide bonds. The zero-order valence-electron chi connectivity index (χ0n) is 14.1. The molecule has 0 fully saturated rings. The first-order valence-corrected chi connectivity index (χ1v) is 7.80. The van der Waals surface area contributed by atoms with Crippen molar-refractivity contribution in [3.05, 3.63) is 22.6 Å². The number of carboxylic acids is 2. The quantitative estimate of drug-likeness (QED) is 0.482. The second-order valence-electron chi connectivity index (χ2n) is 5.43. The zero-order chi connectivity index (χ0) is 19.0. The number of carboxylic acid groups (broad SMARTS) is 2. The van der Waals surface area contributed by atoms with Crippen LogP contribution in [-0.2, 0) is 9.59 Å². The molecule has 0 spiro atoms. The summed E-state index contributed by atoms with van der Waals surface area (Å²) in [5, 5.41) is 25.8. The van der Waals surface area contributed by atoms with E-state index in [2.05, 4.69) is 10.6 Å². The average molecular weight is 352 g/mol. The van der Waals surface area contributed by atoms with Gasteiger partial charge >= 0.3 is 0 Å². The molecule has 138 valence electrons. The lowest BCUT2D eigenvalue weighted by Crippen LogP contribution is -2.31. The molecule has 0 saturated heterocycles. The molecule has 0 atom stereocenters. The highest BCUT2D eigenvalue weighted by molar-refractivity contribution is 6.08. The standard InChI is InChI=1S/C16H22N2O7/c1-9-13(15(23)17-7-3-5-11(19)20)14(10(2)25-9)16(24)18-8-4-6-12(21)22/h3-8H2,1-2H3,(H,17,23)(H,18,24)(H,19,20)(H,21,22)/p-2. The molecule has 0 bridgehead atoms. The minimum absolute atomic E-state index is 0.0725. The predicted molar refractivity (Wildman–Crippen MR) is 81.3 cm³/mol. The second-order valence-corrected chi connectivity index (χ2v) is 5.43. The fourth-order valence-corrected chi connectivity index (χ4v) is 2.28. The van der Waals surface area contributed by atoms with Crippen LogP contribution in [0.15, 0.2) is 4.42 Å². The molecule has 25 heavy (non-hydrogen) atoms. The molecule has 1 rings (SSSR count). The van der Waals surface area contributed by atoms with Crippen molar-refractivity contribution in [1.82, 2.24) is 10.6 Å². The van der Waals surface area contributed by atoms with Crippen molar-refractivity contribution >= 4 is 23.8 Å². The van der Waals surface area contributed by atoms with E-state index in [0.717, 1.165) is 0 Å². The van der Waals surface area contributed by atoms with Gasteiger partial charge in [-0.15, -0.1) is 0 Å². The monoisotopic (exact) mass is 352 g/mol. The van der Waals surface area contributed by atoms with Crippen LogP contribution in [0.1, 0.15) is 57.9 Å². The number of aryl methyl sites for hydroxylation is 2. The van der Waals surface area contributed by atoms with Gasteiger partial charge in [0.25, 0.3) is 11.8 Å². The topological polar surface area (TPSA) is 152 Å². The van der Waals surface area contributed by atoms with Crippen molar-refractivity contribution in [1.29, 1.82) is 0 Å². The number of nitrogens with one attached hydrogen (secondary N) is 2. The number of hydrogen-bond acceptors (Lipinski definition) is 7. The van der Waals surface area contributed by atoms with Crippen LogP contribution in [0.2, 0.25) is 0 Å². The smallest absolute Gasteiger partial charge is 0.255 e. The molecule has 0 aliphatic carbocycles. The van der Waals surface area contributed by atoms with Gasteiger partial charge in [0.15, 0.2) is 0 Å². The molecular formula is C16H20N2O7-2. The van der Waals surface area contributed by atoms with Crippen molar-refractivity contribution < 1.29 is 33.8 Å². The number of aliphatic carboxylic acids is 2. The third-order valence-corrected chi connectivity index (χ3v) is 3.40. The van der Waals surface area contributed by atoms with Crippen LogP contribution in [0.25, 0.3) is 0 Å². The Kier molecular flexibility index (Phi) is 7.64. The molecule has 9 heteroatoms. The fraction of sp³-hybridized carbons (Fsp3) is 0.500. The van der Waals surface area contributed by atoms with Crippen LogP contribution in [0.3, 0.4) is 0 Å². The van der Waals surface area contributed by atoms with E-state index in [9.17, 15) is 29.4 Å². The minimum Gasteiger partial charge on any atom is -0.550 e. The highest BCUT2D eigenvalue weighted by Gasteiger charge is 2.26. The van der Waals surface area contributed by atoms with E-state index in [0.29, 0.717) is 0 Å². The van der Waals surface area contributed by atoms with Gasteiger partial charge in [-0.25, -0.2) is 0 Å². The largest absolute Gasteiger partial charge is 0.550 e. The minimum atomic E-state index is -1.21. The second kappa shape index (κ2) is 9.45. The Morgan fingerprint density at radius 3 is 1.48 bits per heavy atom. The third-order valence-electron chi connectivity index (χ3n) is 3.40. The highest BCUT2D eigenvalue weighted by Crippen LogP contribution is 2.21. The molecule has 9 nitrogen and oxygen atoms in total. The van der Waals surface area contributed by atoms with E-state index in [4.69, 9.17) is 4.42 Å². The van der Waals surface area contributed by atoms with Gasteiger partial charge < -0.3 is 34.9 Å². The number of hydrogen-bond donors (Lipinski definition) is 2. The van der Waals surface area contributed by atoms with Crippen LogP contribution in [0.4, 0.5) is 0 Å². The van der Waals surface area contributed by atoms with Crippen LogP contribution < -0.4 is 20.8 Å². The van der Waals surface area contributed by atoms with Gasteiger partial charge in [-0.05, 0) is 39.5 Å². The van der Waals surface area contributed by atoms with Gasteiger partial charge in [0.2, 0.25) is 0 Å². The lowest BCUT2D eigenvalue weighted by atomic mass is 10.1. The van der Waals surface area contributed by atoms with E-state index >= 15 is 0 Å². The van der Waals surface area contributed by atoms with E-state index in [1.165, 1.54) is 13.8 Å². The molecule has 1 aromatic heterocycles. The van der Waals surface area contributed by atoms with Gasteiger partial charge in [-0.2, -0.15) is 0 Å². The number of carbonyl (C=O) groups is 4. The maximum Gasteiger partial charge on any atom is 0.255 e. The van der Waals surface area contributed by atoms with E-state index in [-0.39, 0.29) is 61.4 Å². The Hall–Kier alpha value is -2.84. The van der Waals surface area contributed by atoms with E-state index in [1.54, 1.807) is 0 Å². The first kappa shape index (κ1) is 20.2. The molecule has 0 aromatic carbocycles. The summed E-state index contributed by atoms with van der Waals surface area (Å²) in [5.74, 6) is -2.99. The Bertz CT molecular complexity index is 609. The summed E-state index contributed by atoms with van der Waals surface area (Å²) in [5.41, 5.74) is 0.145. The number of amides is 2. The molecule has 2 N–H and O–H groups in total. The molecule has 0 saturated carbocycles. The molecular weight excluding hydrogens is 332 g/mol. The Morgan fingerprint density at radius 1 is 0.800 bits per heavy atom. The summed E-state index contributed by atoms with van der Waals surface area (Å²) in [7, 11) is 0. The summed E-state index contributed by atoms with van der Waals surface area (Å²) in [6, 6.07) is 0. The summed E-state index contributed by atoms with van der Waals surface area (Å²) in [6.45, 7) is 3.30. The lowest BCUT2D eigenvalue weighted by molar-refractivity contribution is -0.307. The van der Waals surface area contributed by atoms with Crippen molar-refractivity contribution in [2.75, 3.05) is 13.1 Å². The molecule has 0 aliphatic heterocycles. The van der Waals surface area contributed by atoms with Crippen LogP contribution >= 0.6 is 0 Å². The van der Waals surface area contributed by atoms with Crippen molar-refractivity contribution in [3.63, 3.8) is 0 Å². The van der Waals surface area contributed by atoms with E-state index < -0.39 is 23.8 Å². The Balaban J connectivity index is 2.73. The summed E-state index contributed by atoms with van der Waals surface area (Å²) in [4.78, 5) is 45.2. The van der Waals surface area contributed by atoms with Crippen molar-refractivity contribution in [3.8, 4) is 0 Å². The van der Waals surface area contributed by atoms with E-state index in [1.807, 2.05) is 0 Å². The maximum atomic E-state index is 12.3. The Labute approximate surface area is 144 Å². The molecule has 1 aromatic rings. The van der Waals surface area contributed by atoms with Gasteiger partial charge in [-0.1, -0.05) is 0 Å². The number of rotatable bonds is 10. The predicted octanol–water partition coefficient (Wildman–Crippen LogP) is -1.58. The van der Waals surface area contributed by atoms with Gasteiger partial charge in [0.05, 0.1) is 11.1 Å². The summed E-state index contributed by atoms with van der Waals surface area (Å²) < 4.78 is 5.35. The van der Waals surface area contributed by atoms with Gasteiger partial charge in [-0.3, -0.25) is 9.59 Å². The molecule has 0 aliphatic rings. The molecule has 0 unspecified atom stereocenters. The van der Waals surface area contributed by atoms with Crippen LogP contribution in [0, 0.1) is 13.8 Å². The van der Waals surface area contributed by atoms with Gasteiger partial charge in [0, 0.05) is 25.0 Å². The maximum absolute atomic E-state index is 12.3. The first-order valence-electron chi connectivity index (χ1n) is 7.80. The van der Waals surface area contributed by atoms with Crippen molar-refractivity contribution in [2.24, 2.45) is 0 Å². The lowest BCUT2D eigenvalue weighted by Gasteiger charge is -2.09. The molecule has 1 heterocycles. The van der Waals surface area contributed by atoms with Crippen LogP contribution in [-0.4, -0.2) is 36.8 Å². The highest BCUT2D eigenvalue weighted by atomic mass is 16.4. The Morgan fingerprint density at radius 2 is 1.16 bits per heavy atom. The number of carbonyl (C=O) groups excluding carboxylic acids is 4. The van der Waals surface area contributed by atoms with Crippen molar-refractivity contribution in [2.45, 2.75) is 39.5 Å². The fourth-order valence-electron chi connectivity index (χ4n) is 2.28. The summed E-state index contributed by atoms with van der Waals surface area (Å²) in [6.07, 6.45) is 0.0360. The van der Waals surface area contributed by atoms with Gasteiger partial charge in [0.1, 0.15) is 11.5 Å². The summed E-state index contributed by atoms with van der Waals surface area (Å²) >= 11 is 0. The molecule has 0 radical (unpaired) electrons. The number of furan rings is 1. The zero-order valence-corrected chi connectivity index (χ0v) is 14.1. The SMILES string of the molecule is Cc1oc(C)c(C(=O)NCCCC(=O)[O-])c1C(=O)NCCCC(=O)[O-].